The summed E-state index contributed by atoms with van der Waals surface area (Å²) in [6, 6.07) is 11.5. The second-order valence-corrected chi connectivity index (χ2v) is 9.10. The number of allylic oxidation sites excluding steroid dienone is 4. The summed E-state index contributed by atoms with van der Waals surface area (Å²) in [6.45, 7) is 17.0. The molecule has 5 heteroatoms. The van der Waals surface area contributed by atoms with Gasteiger partial charge in [-0.2, -0.15) is 4.39 Å². The third-order valence-electron chi connectivity index (χ3n) is 6.19. The number of pyridine rings is 2. The van der Waals surface area contributed by atoms with Crippen LogP contribution in [0.1, 0.15) is 70.1 Å². The maximum absolute atomic E-state index is 12.2. The largest absolute Gasteiger partial charge is 0.492 e. The summed E-state index contributed by atoms with van der Waals surface area (Å²) in [5.74, 6) is 0.885. The van der Waals surface area contributed by atoms with Gasteiger partial charge in [-0.15, -0.1) is 0 Å². The van der Waals surface area contributed by atoms with E-state index < -0.39 is 5.95 Å². The Morgan fingerprint density at radius 3 is 2.36 bits per heavy atom. The van der Waals surface area contributed by atoms with Gasteiger partial charge in [0.15, 0.2) is 0 Å². The zero-order valence-electron chi connectivity index (χ0n) is 24.3. The van der Waals surface area contributed by atoms with Crippen molar-refractivity contribution in [2.45, 2.75) is 73.3 Å². The van der Waals surface area contributed by atoms with E-state index in [4.69, 9.17) is 9.47 Å². The lowest BCUT2D eigenvalue weighted by Crippen LogP contribution is -2.20. The summed E-state index contributed by atoms with van der Waals surface area (Å²) in [6.07, 6.45) is 16.2. The molecule has 0 atom stereocenters. The first-order valence-electron chi connectivity index (χ1n) is 13.9. The Balaban J connectivity index is 0.000000343. The molecule has 0 radical (unpaired) electrons. The third-order valence-corrected chi connectivity index (χ3v) is 6.19. The van der Waals surface area contributed by atoms with Gasteiger partial charge in [-0.1, -0.05) is 57.7 Å². The number of benzene rings is 1. The molecule has 39 heavy (non-hydrogen) atoms. The minimum absolute atomic E-state index is 0.366. The molecule has 0 spiro atoms. The normalized spacial score (nSPS) is 12.9. The van der Waals surface area contributed by atoms with Crippen LogP contribution in [-0.4, -0.2) is 22.7 Å². The second-order valence-electron chi connectivity index (χ2n) is 9.10. The van der Waals surface area contributed by atoms with Crippen molar-refractivity contribution < 1.29 is 13.9 Å². The van der Waals surface area contributed by atoms with Gasteiger partial charge in [-0.05, 0) is 98.6 Å². The van der Waals surface area contributed by atoms with Crippen molar-refractivity contribution in [3.63, 3.8) is 0 Å². The number of hydrogen-bond acceptors (Lipinski definition) is 4. The Kier molecular flexibility index (Phi) is 13.7. The van der Waals surface area contributed by atoms with Crippen LogP contribution in [0, 0.1) is 19.8 Å². The Morgan fingerprint density at radius 2 is 1.79 bits per heavy atom. The molecule has 1 aliphatic rings. The molecule has 1 saturated carbocycles. The SMILES string of the molecule is C=C(/C=C\C(=C/C)c1ccc(-c2cnccc2C)c(C)c1)OC1CCC1.CC.CCCOc1ccc(F)nc1. The van der Waals surface area contributed by atoms with Gasteiger partial charge in [-0.25, -0.2) is 4.98 Å². The first kappa shape index (κ1) is 31.5. The van der Waals surface area contributed by atoms with E-state index in [1.807, 2.05) is 39.2 Å². The summed E-state index contributed by atoms with van der Waals surface area (Å²) >= 11 is 0. The number of aromatic nitrogens is 2. The molecule has 0 saturated heterocycles. The molecule has 1 aromatic carbocycles. The van der Waals surface area contributed by atoms with Crippen molar-refractivity contribution in [1.82, 2.24) is 9.97 Å². The fourth-order valence-electron chi connectivity index (χ4n) is 3.84. The van der Waals surface area contributed by atoms with Crippen LogP contribution in [0.25, 0.3) is 16.7 Å². The van der Waals surface area contributed by atoms with Gasteiger partial charge in [-0.3, -0.25) is 4.98 Å². The highest BCUT2D eigenvalue weighted by Gasteiger charge is 2.18. The molecule has 0 N–H and O–H groups in total. The fourth-order valence-corrected chi connectivity index (χ4v) is 3.84. The summed E-state index contributed by atoms with van der Waals surface area (Å²) in [7, 11) is 0. The Hall–Kier alpha value is -3.73. The maximum atomic E-state index is 12.2. The highest BCUT2D eigenvalue weighted by Crippen LogP contribution is 2.29. The highest BCUT2D eigenvalue weighted by atomic mass is 19.1. The quantitative estimate of drug-likeness (QED) is 0.157. The van der Waals surface area contributed by atoms with E-state index in [0.29, 0.717) is 18.5 Å². The van der Waals surface area contributed by atoms with Gasteiger partial charge < -0.3 is 9.47 Å². The minimum atomic E-state index is -0.478. The zero-order valence-corrected chi connectivity index (χ0v) is 24.3. The van der Waals surface area contributed by atoms with Crippen LogP contribution in [0.15, 0.2) is 85.6 Å². The Bertz CT molecular complexity index is 1230. The monoisotopic (exact) mass is 530 g/mol. The summed E-state index contributed by atoms with van der Waals surface area (Å²) in [5, 5.41) is 0. The van der Waals surface area contributed by atoms with E-state index in [1.165, 1.54) is 52.1 Å². The third kappa shape index (κ3) is 10.2. The predicted molar refractivity (Wildman–Crippen MR) is 161 cm³/mol. The van der Waals surface area contributed by atoms with E-state index in [2.05, 4.69) is 73.7 Å². The van der Waals surface area contributed by atoms with Crippen LogP contribution in [0.5, 0.6) is 5.75 Å². The molecular formula is C34H43FN2O2. The highest BCUT2D eigenvalue weighted by molar-refractivity contribution is 5.78. The Labute approximate surface area is 234 Å². The van der Waals surface area contributed by atoms with E-state index in [1.54, 1.807) is 6.07 Å². The first-order chi connectivity index (χ1) is 18.9. The molecule has 1 aliphatic carbocycles. The molecule has 4 rings (SSSR count). The standard InChI is InChI=1S/C24H27NO.C8H10FNO.C2H6/c1-5-20(10-9-19(4)26-22-7-6-8-22)21-11-12-23(18(3)15-21)24-16-25-14-13-17(24)2;1-2-5-11-7-3-4-8(9)10-6-7;1-2/h5,9-16,22H,4,6-8H2,1-3H3;3-4,6H,2,5H2,1H3;1-2H3/b10-9-,20-5+;;. The average molecular weight is 531 g/mol. The number of nitrogens with zero attached hydrogens (tertiary/aromatic N) is 2. The van der Waals surface area contributed by atoms with Crippen molar-refractivity contribution in [3.8, 4) is 16.9 Å². The lowest BCUT2D eigenvalue weighted by Gasteiger charge is -2.26. The molecule has 0 unspecified atom stereocenters. The number of rotatable bonds is 9. The van der Waals surface area contributed by atoms with Crippen molar-refractivity contribution in [2.75, 3.05) is 6.61 Å². The van der Waals surface area contributed by atoms with Gasteiger partial charge in [0.2, 0.25) is 5.95 Å². The molecule has 0 aliphatic heterocycles. The van der Waals surface area contributed by atoms with Crippen LogP contribution >= 0.6 is 0 Å². The van der Waals surface area contributed by atoms with Gasteiger partial charge in [0.25, 0.3) is 0 Å². The molecule has 0 bridgehead atoms. The van der Waals surface area contributed by atoms with Crippen molar-refractivity contribution in [1.29, 1.82) is 0 Å². The first-order valence-corrected chi connectivity index (χ1v) is 13.9. The molecule has 1 fully saturated rings. The molecule has 2 aromatic heterocycles. The maximum Gasteiger partial charge on any atom is 0.213 e. The van der Waals surface area contributed by atoms with Crippen molar-refractivity contribution >= 4 is 5.57 Å². The van der Waals surface area contributed by atoms with Gasteiger partial charge in [0.1, 0.15) is 11.5 Å². The number of aryl methyl sites for hydroxylation is 2. The second kappa shape index (κ2) is 17.0. The van der Waals surface area contributed by atoms with Crippen LogP contribution in [0.2, 0.25) is 0 Å². The zero-order chi connectivity index (χ0) is 28.6. The fraction of sp³-hybridized carbons (Fsp3) is 0.353. The minimum Gasteiger partial charge on any atom is -0.492 e. The Morgan fingerprint density at radius 1 is 1.03 bits per heavy atom. The van der Waals surface area contributed by atoms with Crippen LogP contribution in [-0.2, 0) is 4.74 Å². The van der Waals surface area contributed by atoms with E-state index >= 15 is 0 Å². The van der Waals surface area contributed by atoms with Crippen molar-refractivity contribution in [3.05, 3.63) is 108 Å². The van der Waals surface area contributed by atoms with Crippen LogP contribution < -0.4 is 4.74 Å². The predicted octanol–water partition coefficient (Wildman–Crippen LogP) is 9.44. The molecule has 0 amide bonds. The van der Waals surface area contributed by atoms with E-state index in [9.17, 15) is 4.39 Å². The summed E-state index contributed by atoms with van der Waals surface area (Å²) in [5.41, 5.74) is 7.28. The smallest absolute Gasteiger partial charge is 0.213 e. The number of ether oxygens (including phenoxy) is 2. The molecular weight excluding hydrogens is 487 g/mol. The molecule has 208 valence electrons. The molecule has 4 nitrogen and oxygen atoms in total. The summed E-state index contributed by atoms with van der Waals surface area (Å²) in [4.78, 5) is 7.72. The van der Waals surface area contributed by atoms with E-state index in [0.717, 1.165) is 25.0 Å². The average Bonchev–Trinajstić information content (AvgIpc) is 2.93. The number of halogens is 1. The van der Waals surface area contributed by atoms with Crippen molar-refractivity contribution in [2.24, 2.45) is 0 Å². The van der Waals surface area contributed by atoms with Gasteiger partial charge >= 0.3 is 0 Å². The summed E-state index contributed by atoms with van der Waals surface area (Å²) < 4.78 is 23.2. The molecule has 2 heterocycles. The lowest BCUT2D eigenvalue weighted by atomic mass is 9.94. The molecule has 3 aromatic rings. The van der Waals surface area contributed by atoms with Crippen LogP contribution in [0.3, 0.4) is 0 Å². The van der Waals surface area contributed by atoms with Gasteiger partial charge in [0.05, 0.1) is 18.9 Å². The van der Waals surface area contributed by atoms with E-state index in [-0.39, 0.29) is 0 Å². The topological polar surface area (TPSA) is 44.2 Å². The van der Waals surface area contributed by atoms with Gasteiger partial charge in [0, 0.05) is 18.0 Å². The number of hydrogen-bond donors (Lipinski definition) is 0. The lowest BCUT2D eigenvalue weighted by molar-refractivity contribution is 0.0599. The van der Waals surface area contributed by atoms with Crippen LogP contribution in [0.4, 0.5) is 4.39 Å².